The number of hydrogen-bond donors (Lipinski definition) is 2. The number of amides is 1. The van der Waals surface area contributed by atoms with Gasteiger partial charge in [-0.2, -0.15) is 4.98 Å². The predicted octanol–water partition coefficient (Wildman–Crippen LogP) is 4.24. The van der Waals surface area contributed by atoms with E-state index in [2.05, 4.69) is 20.7 Å². The molecular weight excluding hydrogens is 345 g/mol. The average molecular weight is 361 g/mol. The summed E-state index contributed by atoms with van der Waals surface area (Å²) < 4.78 is 15.1. The number of carbonyl (C=O) groups is 1. The Morgan fingerprint density at radius 3 is 2.52 bits per heavy atom. The number of fused-ring (bicyclic) bond motifs is 1. The number of anilines is 3. The highest BCUT2D eigenvalue weighted by molar-refractivity contribution is 5.88. The third-order valence-corrected chi connectivity index (χ3v) is 3.95. The van der Waals surface area contributed by atoms with Gasteiger partial charge in [0.05, 0.1) is 0 Å². The molecule has 4 aromatic rings. The van der Waals surface area contributed by atoms with Crippen LogP contribution in [0.3, 0.4) is 0 Å². The van der Waals surface area contributed by atoms with Crippen LogP contribution in [0.2, 0.25) is 0 Å². The summed E-state index contributed by atoms with van der Waals surface area (Å²) in [5.74, 6) is 0.0433. The molecule has 2 N–H and O–H groups in total. The van der Waals surface area contributed by atoms with Crippen molar-refractivity contribution in [3.63, 3.8) is 0 Å². The van der Waals surface area contributed by atoms with Crippen LogP contribution >= 0.6 is 0 Å². The largest absolute Gasteiger partial charge is 0.326 e. The van der Waals surface area contributed by atoms with E-state index >= 15 is 0 Å². The second kappa shape index (κ2) is 6.87. The van der Waals surface area contributed by atoms with E-state index in [1.807, 2.05) is 36.5 Å². The zero-order chi connectivity index (χ0) is 18.8. The molecule has 134 valence electrons. The summed E-state index contributed by atoms with van der Waals surface area (Å²) in [6.45, 7) is 1.46. The van der Waals surface area contributed by atoms with E-state index in [9.17, 15) is 9.18 Å². The van der Waals surface area contributed by atoms with Crippen molar-refractivity contribution < 1.29 is 9.18 Å². The van der Waals surface area contributed by atoms with Crippen LogP contribution in [-0.4, -0.2) is 20.5 Å². The van der Waals surface area contributed by atoms with Gasteiger partial charge in [0.2, 0.25) is 11.9 Å². The Kier molecular flexibility index (Phi) is 4.25. The van der Waals surface area contributed by atoms with Crippen LogP contribution in [0, 0.1) is 5.82 Å². The molecule has 4 rings (SSSR count). The van der Waals surface area contributed by atoms with Gasteiger partial charge >= 0.3 is 0 Å². The molecule has 27 heavy (non-hydrogen) atoms. The first-order valence-corrected chi connectivity index (χ1v) is 8.34. The van der Waals surface area contributed by atoms with Crippen molar-refractivity contribution in [2.24, 2.45) is 0 Å². The lowest BCUT2D eigenvalue weighted by Crippen LogP contribution is -2.05. The fourth-order valence-electron chi connectivity index (χ4n) is 2.74. The molecule has 0 saturated heterocycles. The van der Waals surface area contributed by atoms with E-state index in [1.54, 1.807) is 22.7 Å². The van der Waals surface area contributed by atoms with Gasteiger partial charge in [0, 0.05) is 30.1 Å². The third kappa shape index (κ3) is 3.77. The number of aromatic nitrogens is 3. The molecule has 0 aliphatic heterocycles. The minimum absolute atomic E-state index is 0.119. The average Bonchev–Trinajstić information content (AvgIpc) is 3.04. The normalized spacial score (nSPS) is 10.7. The van der Waals surface area contributed by atoms with E-state index in [4.69, 9.17) is 0 Å². The van der Waals surface area contributed by atoms with Crippen molar-refractivity contribution in [2.45, 2.75) is 6.92 Å². The van der Waals surface area contributed by atoms with Crippen LogP contribution in [0.5, 0.6) is 0 Å². The molecule has 0 radical (unpaired) electrons. The van der Waals surface area contributed by atoms with Gasteiger partial charge in [0.15, 0.2) is 5.65 Å². The van der Waals surface area contributed by atoms with Crippen LogP contribution in [0.1, 0.15) is 6.92 Å². The fourth-order valence-corrected chi connectivity index (χ4v) is 2.74. The SMILES string of the molecule is CC(=O)Nc1ccc(Nc2nc3ccc(-c4cccc(F)c4)cn3n2)cc1. The van der Waals surface area contributed by atoms with E-state index in [0.29, 0.717) is 11.6 Å². The first-order valence-electron chi connectivity index (χ1n) is 8.34. The van der Waals surface area contributed by atoms with Crippen LogP contribution < -0.4 is 10.6 Å². The zero-order valence-electron chi connectivity index (χ0n) is 14.5. The highest BCUT2D eigenvalue weighted by Crippen LogP contribution is 2.22. The van der Waals surface area contributed by atoms with Gasteiger partial charge in [0.1, 0.15) is 5.82 Å². The van der Waals surface area contributed by atoms with Crippen LogP contribution in [0.4, 0.5) is 21.7 Å². The van der Waals surface area contributed by atoms with Gasteiger partial charge in [0.25, 0.3) is 0 Å². The second-order valence-electron chi connectivity index (χ2n) is 6.05. The summed E-state index contributed by atoms with van der Waals surface area (Å²) in [5, 5.41) is 10.3. The lowest BCUT2D eigenvalue weighted by atomic mass is 10.1. The Morgan fingerprint density at radius 1 is 1.00 bits per heavy atom. The van der Waals surface area contributed by atoms with Gasteiger partial charge in [-0.05, 0) is 54.1 Å². The molecule has 0 unspecified atom stereocenters. The lowest BCUT2D eigenvalue weighted by Gasteiger charge is -2.04. The van der Waals surface area contributed by atoms with Crippen molar-refractivity contribution in [3.8, 4) is 11.1 Å². The quantitative estimate of drug-likeness (QED) is 0.570. The number of hydrogen-bond acceptors (Lipinski definition) is 4. The zero-order valence-corrected chi connectivity index (χ0v) is 14.5. The maximum Gasteiger partial charge on any atom is 0.247 e. The molecule has 0 spiro atoms. The lowest BCUT2D eigenvalue weighted by molar-refractivity contribution is -0.114. The van der Waals surface area contributed by atoms with E-state index in [0.717, 1.165) is 22.5 Å². The van der Waals surface area contributed by atoms with Crippen LogP contribution in [-0.2, 0) is 4.79 Å². The van der Waals surface area contributed by atoms with Crippen molar-refractivity contribution in [2.75, 3.05) is 10.6 Å². The van der Waals surface area contributed by atoms with Crippen molar-refractivity contribution in [1.82, 2.24) is 14.6 Å². The minimum Gasteiger partial charge on any atom is -0.326 e. The first-order chi connectivity index (χ1) is 13.1. The number of nitrogens with zero attached hydrogens (tertiary/aromatic N) is 3. The molecule has 1 amide bonds. The van der Waals surface area contributed by atoms with Crippen molar-refractivity contribution in [1.29, 1.82) is 0 Å². The topological polar surface area (TPSA) is 71.3 Å². The molecule has 0 atom stereocenters. The van der Waals surface area contributed by atoms with Gasteiger partial charge < -0.3 is 10.6 Å². The van der Waals surface area contributed by atoms with Gasteiger partial charge in [-0.3, -0.25) is 4.79 Å². The molecule has 0 saturated carbocycles. The molecule has 2 aromatic carbocycles. The molecule has 0 aliphatic carbocycles. The molecule has 0 fully saturated rings. The summed E-state index contributed by atoms with van der Waals surface area (Å²) in [7, 11) is 0. The molecular formula is C20H16FN5O. The van der Waals surface area contributed by atoms with E-state index in [-0.39, 0.29) is 11.7 Å². The Labute approximate surface area is 154 Å². The Hall–Kier alpha value is -3.74. The molecule has 7 heteroatoms. The third-order valence-electron chi connectivity index (χ3n) is 3.95. The van der Waals surface area contributed by atoms with Crippen molar-refractivity contribution in [3.05, 3.63) is 72.7 Å². The monoisotopic (exact) mass is 361 g/mol. The van der Waals surface area contributed by atoms with E-state index < -0.39 is 0 Å². The Bertz CT molecular complexity index is 1120. The van der Waals surface area contributed by atoms with Gasteiger partial charge in [-0.25, -0.2) is 8.91 Å². The number of pyridine rings is 1. The summed E-state index contributed by atoms with van der Waals surface area (Å²) >= 11 is 0. The summed E-state index contributed by atoms with van der Waals surface area (Å²) in [5.41, 5.74) is 3.81. The fraction of sp³-hybridized carbons (Fsp3) is 0.0500. The highest BCUT2D eigenvalue weighted by Gasteiger charge is 2.07. The maximum atomic E-state index is 13.4. The molecule has 6 nitrogen and oxygen atoms in total. The van der Waals surface area contributed by atoms with Gasteiger partial charge in [-0.1, -0.05) is 12.1 Å². The molecule has 0 bridgehead atoms. The summed E-state index contributed by atoms with van der Waals surface area (Å²) in [4.78, 5) is 15.5. The summed E-state index contributed by atoms with van der Waals surface area (Å²) in [6.07, 6.45) is 1.81. The highest BCUT2D eigenvalue weighted by atomic mass is 19.1. The second-order valence-corrected chi connectivity index (χ2v) is 6.05. The predicted molar refractivity (Wildman–Crippen MR) is 102 cm³/mol. The Balaban J connectivity index is 1.57. The Morgan fingerprint density at radius 2 is 1.78 bits per heavy atom. The standard InChI is InChI=1S/C20H16FN5O/c1-13(27)22-17-6-8-18(9-7-17)23-20-24-19-10-5-15(12-26(19)25-20)14-3-2-4-16(21)11-14/h2-12H,1H3,(H,22,27)(H,23,25). The summed E-state index contributed by atoms with van der Waals surface area (Å²) in [6, 6.07) is 17.4. The maximum absolute atomic E-state index is 13.4. The molecule has 2 heterocycles. The number of benzene rings is 2. The van der Waals surface area contributed by atoms with Crippen LogP contribution in [0.15, 0.2) is 66.9 Å². The number of halogens is 1. The number of rotatable bonds is 4. The number of nitrogens with one attached hydrogen (secondary N) is 2. The van der Waals surface area contributed by atoms with E-state index in [1.165, 1.54) is 19.1 Å². The molecule has 0 aliphatic rings. The minimum atomic E-state index is -0.281. The first kappa shape index (κ1) is 16.7. The number of carbonyl (C=O) groups excluding carboxylic acids is 1. The smallest absolute Gasteiger partial charge is 0.247 e. The van der Waals surface area contributed by atoms with Crippen LogP contribution in [0.25, 0.3) is 16.8 Å². The molecule has 2 aromatic heterocycles. The van der Waals surface area contributed by atoms with Crippen molar-refractivity contribution >= 4 is 28.9 Å². The van der Waals surface area contributed by atoms with Gasteiger partial charge in [-0.15, -0.1) is 5.10 Å².